The fourth-order valence-corrected chi connectivity index (χ4v) is 4.09. The highest BCUT2D eigenvalue weighted by atomic mass is 32.2. The molecule has 0 aliphatic carbocycles. The predicted molar refractivity (Wildman–Crippen MR) is 102 cm³/mol. The average Bonchev–Trinajstić information content (AvgIpc) is 3.24. The summed E-state index contributed by atoms with van der Waals surface area (Å²) < 4.78 is 28.0. The normalized spacial score (nSPS) is 12.0. The zero-order valence-electron chi connectivity index (χ0n) is 14.1. The fraction of sp³-hybridized carbons (Fsp3) is 0.176. The Morgan fingerprint density at radius 2 is 2.15 bits per heavy atom. The Morgan fingerprint density at radius 3 is 2.81 bits per heavy atom. The van der Waals surface area contributed by atoms with Crippen LogP contribution < -0.4 is 4.31 Å². The van der Waals surface area contributed by atoms with Crippen LogP contribution in [0.2, 0.25) is 0 Å². The second kappa shape index (κ2) is 7.81. The van der Waals surface area contributed by atoms with Gasteiger partial charge in [-0.3, -0.25) is 9.65 Å². The van der Waals surface area contributed by atoms with E-state index in [2.05, 4.69) is 10.2 Å². The molecule has 1 aromatic carbocycles. The summed E-state index contributed by atoms with van der Waals surface area (Å²) in [4.78, 5) is 12.8. The third-order valence-corrected chi connectivity index (χ3v) is 5.43. The molecular formula is C17H17N3O4S2. The smallest absolute Gasteiger partial charge is 0.338 e. The number of aromatic amines is 1. The Kier molecular flexibility index (Phi) is 5.50. The maximum absolute atomic E-state index is 12.0. The molecule has 0 bridgehead atoms. The standard InChI is InChI=1S/C17H17N3O4S2/c1-3-24-17(21)12-5-4-6-13(10-12)20(26(22)23)16-8-7-15(25-16)14-9-11(2)18-19-14/h4-10H,3H2,1-2H3,(H,18,19)(H,22,23). The van der Waals surface area contributed by atoms with Gasteiger partial charge in [-0.05, 0) is 50.2 Å². The number of esters is 1. The van der Waals surface area contributed by atoms with Crippen LogP contribution in [-0.4, -0.2) is 31.5 Å². The highest BCUT2D eigenvalue weighted by Crippen LogP contribution is 2.37. The number of carbonyl (C=O) groups is 1. The van der Waals surface area contributed by atoms with Crippen molar-refractivity contribution in [3.05, 3.63) is 53.7 Å². The fourth-order valence-electron chi connectivity index (χ4n) is 2.39. The molecule has 3 aromatic rings. The summed E-state index contributed by atoms with van der Waals surface area (Å²) in [6.45, 7) is 3.89. The van der Waals surface area contributed by atoms with Gasteiger partial charge in [-0.2, -0.15) is 5.10 Å². The van der Waals surface area contributed by atoms with Crippen LogP contribution in [0.5, 0.6) is 0 Å². The van der Waals surface area contributed by atoms with Crippen LogP contribution in [0.25, 0.3) is 10.6 Å². The van der Waals surface area contributed by atoms with Gasteiger partial charge in [0.25, 0.3) is 11.3 Å². The number of nitrogens with one attached hydrogen (secondary N) is 1. The van der Waals surface area contributed by atoms with E-state index in [1.54, 1.807) is 31.2 Å². The predicted octanol–water partition coefficient (Wildman–Crippen LogP) is 3.90. The van der Waals surface area contributed by atoms with Gasteiger partial charge in [0, 0.05) is 5.69 Å². The molecule has 136 valence electrons. The number of H-pyrrole nitrogens is 1. The molecule has 3 rings (SSSR count). The first-order chi connectivity index (χ1) is 12.5. The number of ether oxygens (including phenoxy) is 1. The number of carbonyl (C=O) groups excluding carboxylic acids is 1. The molecule has 0 saturated heterocycles. The second-order valence-corrected chi connectivity index (χ2v) is 7.26. The average molecular weight is 391 g/mol. The molecule has 0 saturated carbocycles. The van der Waals surface area contributed by atoms with E-state index in [0.717, 1.165) is 16.3 Å². The number of thiophene rings is 1. The number of nitrogens with zero attached hydrogens (tertiary/aromatic N) is 2. The third kappa shape index (κ3) is 3.85. The lowest BCUT2D eigenvalue weighted by molar-refractivity contribution is 0.0526. The molecule has 2 N–H and O–H groups in total. The van der Waals surface area contributed by atoms with Gasteiger partial charge in [0.15, 0.2) is 0 Å². The quantitative estimate of drug-likeness (QED) is 0.491. The first-order valence-corrected chi connectivity index (χ1v) is 9.68. The number of aromatic nitrogens is 2. The first-order valence-electron chi connectivity index (χ1n) is 7.80. The van der Waals surface area contributed by atoms with E-state index in [-0.39, 0.29) is 6.61 Å². The lowest BCUT2D eigenvalue weighted by atomic mass is 10.2. The Hall–Kier alpha value is -2.49. The number of benzene rings is 1. The van der Waals surface area contributed by atoms with Gasteiger partial charge in [0.05, 0.1) is 22.7 Å². The molecule has 0 fully saturated rings. The van der Waals surface area contributed by atoms with Gasteiger partial charge in [-0.15, -0.1) is 11.3 Å². The van der Waals surface area contributed by atoms with Crippen molar-refractivity contribution in [1.29, 1.82) is 0 Å². The summed E-state index contributed by atoms with van der Waals surface area (Å²) in [5, 5.41) is 7.63. The first kappa shape index (κ1) is 18.3. The third-order valence-electron chi connectivity index (χ3n) is 3.50. The van der Waals surface area contributed by atoms with Crippen molar-refractivity contribution in [2.45, 2.75) is 13.8 Å². The lowest BCUT2D eigenvalue weighted by Gasteiger charge is -2.18. The zero-order chi connectivity index (χ0) is 18.7. The molecule has 2 heterocycles. The van der Waals surface area contributed by atoms with E-state index in [4.69, 9.17) is 4.74 Å². The van der Waals surface area contributed by atoms with Crippen LogP contribution in [-0.2, 0) is 16.0 Å². The van der Waals surface area contributed by atoms with E-state index in [0.29, 0.717) is 16.3 Å². The summed E-state index contributed by atoms with van der Waals surface area (Å²) in [7, 11) is 0. The molecule has 0 aliphatic heterocycles. The molecule has 0 amide bonds. The molecule has 0 radical (unpaired) electrons. The molecule has 26 heavy (non-hydrogen) atoms. The van der Waals surface area contributed by atoms with Crippen molar-refractivity contribution in [3.8, 4) is 10.6 Å². The van der Waals surface area contributed by atoms with E-state index in [9.17, 15) is 13.6 Å². The van der Waals surface area contributed by atoms with Gasteiger partial charge >= 0.3 is 5.97 Å². The molecule has 0 aliphatic rings. The Morgan fingerprint density at radius 1 is 1.35 bits per heavy atom. The molecule has 7 nitrogen and oxygen atoms in total. The summed E-state index contributed by atoms with van der Waals surface area (Å²) >= 11 is -0.976. The highest BCUT2D eigenvalue weighted by Gasteiger charge is 2.20. The van der Waals surface area contributed by atoms with Gasteiger partial charge < -0.3 is 4.74 Å². The molecule has 9 heteroatoms. The second-order valence-electron chi connectivity index (χ2n) is 5.37. The molecular weight excluding hydrogens is 374 g/mol. The van der Waals surface area contributed by atoms with Crippen LogP contribution >= 0.6 is 11.3 Å². The van der Waals surface area contributed by atoms with Crippen molar-refractivity contribution in [1.82, 2.24) is 10.2 Å². The Bertz CT molecular complexity index is 951. The molecule has 1 unspecified atom stereocenters. The highest BCUT2D eigenvalue weighted by molar-refractivity contribution is 7.81. The number of aryl methyl sites for hydroxylation is 1. The monoisotopic (exact) mass is 391 g/mol. The number of hydrogen-bond acceptors (Lipinski definition) is 5. The minimum atomic E-state index is -2.30. The van der Waals surface area contributed by atoms with Gasteiger partial charge in [0.1, 0.15) is 10.7 Å². The van der Waals surface area contributed by atoms with Gasteiger partial charge in [0.2, 0.25) is 0 Å². The summed E-state index contributed by atoms with van der Waals surface area (Å²) in [5.74, 6) is -0.475. The van der Waals surface area contributed by atoms with Crippen LogP contribution in [0.3, 0.4) is 0 Å². The zero-order valence-corrected chi connectivity index (χ0v) is 15.8. The van der Waals surface area contributed by atoms with Crippen molar-refractivity contribution < 1.29 is 18.3 Å². The van der Waals surface area contributed by atoms with Crippen LogP contribution in [0.1, 0.15) is 23.0 Å². The number of rotatable bonds is 6. The van der Waals surface area contributed by atoms with Crippen molar-refractivity contribution in [2.75, 3.05) is 10.9 Å². The van der Waals surface area contributed by atoms with Crippen LogP contribution in [0.4, 0.5) is 10.7 Å². The van der Waals surface area contributed by atoms with Crippen LogP contribution in [0.15, 0.2) is 42.5 Å². The largest absolute Gasteiger partial charge is 0.462 e. The van der Waals surface area contributed by atoms with E-state index >= 15 is 0 Å². The Labute approximate surface area is 157 Å². The molecule has 0 spiro atoms. The summed E-state index contributed by atoms with van der Waals surface area (Å²) in [5.41, 5.74) is 2.44. The molecule has 2 aromatic heterocycles. The van der Waals surface area contributed by atoms with Gasteiger partial charge in [-0.25, -0.2) is 13.3 Å². The van der Waals surface area contributed by atoms with E-state index in [1.165, 1.54) is 21.7 Å². The number of hydrogen-bond donors (Lipinski definition) is 2. The maximum atomic E-state index is 12.0. The van der Waals surface area contributed by atoms with E-state index in [1.807, 2.05) is 19.1 Å². The van der Waals surface area contributed by atoms with Crippen molar-refractivity contribution in [3.63, 3.8) is 0 Å². The van der Waals surface area contributed by atoms with Gasteiger partial charge in [-0.1, -0.05) is 6.07 Å². The van der Waals surface area contributed by atoms with Crippen molar-refractivity contribution >= 4 is 39.3 Å². The number of anilines is 2. The maximum Gasteiger partial charge on any atom is 0.338 e. The Balaban J connectivity index is 1.96. The van der Waals surface area contributed by atoms with E-state index < -0.39 is 17.2 Å². The summed E-state index contributed by atoms with van der Waals surface area (Å²) in [6, 6.07) is 11.9. The SMILES string of the molecule is CCOC(=O)c1cccc(N(c2ccc(-c3cc(C)[nH]n3)s2)S(=O)O)c1. The minimum absolute atomic E-state index is 0.260. The molecule has 1 atom stereocenters. The van der Waals surface area contributed by atoms with Crippen LogP contribution in [0, 0.1) is 6.92 Å². The minimum Gasteiger partial charge on any atom is -0.462 e. The van der Waals surface area contributed by atoms with Crippen molar-refractivity contribution in [2.24, 2.45) is 0 Å². The topological polar surface area (TPSA) is 95.5 Å². The summed E-state index contributed by atoms with van der Waals surface area (Å²) in [6.07, 6.45) is 0. The lowest BCUT2D eigenvalue weighted by Crippen LogP contribution is -2.18.